The zero-order chi connectivity index (χ0) is 8.10. The number of halogens is 1. The van der Waals surface area contributed by atoms with Crippen molar-refractivity contribution in [1.29, 1.82) is 0 Å². The summed E-state index contributed by atoms with van der Waals surface area (Å²) in [5, 5.41) is 6.99. The number of carbonyl (C=O) groups excluding carboxylic acids is 1. The molecule has 0 saturated carbocycles. The molecule has 1 aromatic heterocycles. The molecule has 0 aliphatic rings. The fourth-order valence-corrected chi connectivity index (χ4v) is 0.643. The monoisotopic (exact) mass is 172 g/mol. The SMILES string of the molecule is O=C(OCCl)c1ccnnc1. The van der Waals surface area contributed by atoms with Gasteiger partial charge in [-0.05, 0) is 6.07 Å². The molecule has 0 atom stereocenters. The molecule has 0 aromatic carbocycles. The molecule has 0 aliphatic heterocycles. The van der Waals surface area contributed by atoms with Crippen molar-refractivity contribution >= 4 is 17.6 Å². The highest BCUT2D eigenvalue weighted by Gasteiger charge is 2.04. The standard InChI is InChI=1S/C6H5ClN2O2/c7-4-11-6(10)5-1-2-8-9-3-5/h1-3H,4H2. The minimum atomic E-state index is -0.491. The normalized spacial score (nSPS) is 9.18. The van der Waals surface area contributed by atoms with Crippen molar-refractivity contribution < 1.29 is 9.53 Å². The highest BCUT2D eigenvalue weighted by Crippen LogP contribution is 1.97. The van der Waals surface area contributed by atoms with Gasteiger partial charge in [0.25, 0.3) is 0 Å². The molecular weight excluding hydrogens is 168 g/mol. The highest BCUT2D eigenvalue weighted by atomic mass is 35.5. The van der Waals surface area contributed by atoms with Crippen LogP contribution in [-0.2, 0) is 4.74 Å². The molecule has 0 aliphatic carbocycles. The van der Waals surface area contributed by atoms with Gasteiger partial charge >= 0.3 is 5.97 Å². The van der Waals surface area contributed by atoms with Crippen molar-refractivity contribution in [2.45, 2.75) is 0 Å². The van der Waals surface area contributed by atoms with Gasteiger partial charge in [0, 0.05) is 0 Å². The minimum absolute atomic E-state index is 0.152. The molecule has 0 spiro atoms. The third kappa shape index (κ3) is 2.16. The van der Waals surface area contributed by atoms with E-state index in [-0.39, 0.29) is 6.07 Å². The minimum Gasteiger partial charge on any atom is -0.446 e. The van der Waals surface area contributed by atoms with Gasteiger partial charge < -0.3 is 4.74 Å². The largest absolute Gasteiger partial charge is 0.446 e. The smallest absolute Gasteiger partial charge is 0.341 e. The van der Waals surface area contributed by atoms with Gasteiger partial charge in [0.15, 0.2) is 6.07 Å². The summed E-state index contributed by atoms with van der Waals surface area (Å²) in [6.07, 6.45) is 2.72. The summed E-state index contributed by atoms with van der Waals surface area (Å²) >= 11 is 5.17. The number of hydrogen-bond donors (Lipinski definition) is 0. The molecule has 0 radical (unpaired) electrons. The second-order valence-corrected chi connectivity index (χ2v) is 1.89. The summed E-state index contributed by atoms with van der Waals surface area (Å²) in [6.45, 7) is 0. The average molecular weight is 173 g/mol. The number of rotatable bonds is 2. The topological polar surface area (TPSA) is 52.1 Å². The Morgan fingerprint density at radius 2 is 2.45 bits per heavy atom. The zero-order valence-corrected chi connectivity index (χ0v) is 6.28. The van der Waals surface area contributed by atoms with E-state index in [1.807, 2.05) is 0 Å². The zero-order valence-electron chi connectivity index (χ0n) is 5.53. The van der Waals surface area contributed by atoms with Crippen LogP contribution in [0.3, 0.4) is 0 Å². The van der Waals surface area contributed by atoms with Crippen molar-refractivity contribution in [1.82, 2.24) is 10.2 Å². The predicted octanol–water partition coefficient (Wildman–Crippen LogP) is 0.830. The first kappa shape index (κ1) is 7.94. The fourth-order valence-electron chi connectivity index (χ4n) is 0.544. The van der Waals surface area contributed by atoms with E-state index in [1.54, 1.807) is 0 Å². The number of hydrogen-bond acceptors (Lipinski definition) is 4. The maximum atomic E-state index is 10.9. The van der Waals surface area contributed by atoms with E-state index < -0.39 is 5.97 Å². The summed E-state index contributed by atoms with van der Waals surface area (Å²) in [4.78, 5) is 10.9. The van der Waals surface area contributed by atoms with Gasteiger partial charge in [-0.25, -0.2) is 4.79 Å². The van der Waals surface area contributed by atoms with Crippen LogP contribution in [0.5, 0.6) is 0 Å². The van der Waals surface area contributed by atoms with Gasteiger partial charge in [-0.1, -0.05) is 11.6 Å². The third-order valence-electron chi connectivity index (χ3n) is 1.01. The molecule has 0 amide bonds. The Hall–Kier alpha value is -1.16. The molecule has 0 unspecified atom stereocenters. The summed E-state index contributed by atoms with van der Waals surface area (Å²) in [5.74, 6) is -0.491. The van der Waals surface area contributed by atoms with Crippen molar-refractivity contribution in [2.24, 2.45) is 0 Å². The van der Waals surface area contributed by atoms with Gasteiger partial charge in [-0.2, -0.15) is 10.2 Å². The average Bonchev–Trinajstić information content (AvgIpc) is 2.07. The molecule has 11 heavy (non-hydrogen) atoms. The quantitative estimate of drug-likeness (QED) is 0.490. The van der Waals surface area contributed by atoms with E-state index in [9.17, 15) is 4.79 Å². The molecule has 4 nitrogen and oxygen atoms in total. The molecule has 5 heteroatoms. The third-order valence-corrected chi connectivity index (χ3v) is 1.11. The Kier molecular flexibility index (Phi) is 2.80. The lowest BCUT2D eigenvalue weighted by Crippen LogP contribution is -2.03. The lowest BCUT2D eigenvalue weighted by atomic mass is 10.3. The molecule has 0 N–H and O–H groups in total. The number of aromatic nitrogens is 2. The Bertz CT molecular complexity index is 240. The number of nitrogens with zero attached hydrogens (tertiary/aromatic N) is 2. The first-order valence-electron chi connectivity index (χ1n) is 2.84. The van der Waals surface area contributed by atoms with Crippen LogP contribution >= 0.6 is 11.6 Å². The van der Waals surface area contributed by atoms with Crippen molar-refractivity contribution in [2.75, 3.05) is 6.07 Å². The van der Waals surface area contributed by atoms with Crippen molar-refractivity contribution in [3.8, 4) is 0 Å². The Morgan fingerprint density at radius 1 is 1.64 bits per heavy atom. The maximum Gasteiger partial charge on any atom is 0.341 e. The molecule has 1 rings (SSSR count). The lowest BCUT2D eigenvalue weighted by Gasteiger charge is -1.97. The number of ether oxygens (including phenoxy) is 1. The molecule has 0 bridgehead atoms. The van der Waals surface area contributed by atoms with E-state index in [1.165, 1.54) is 18.5 Å². The van der Waals surface area contributed by atoms with Gasteiger partial charge in [-0.3, -0.25) is 0 Å². The Morgan fingerprint density at radius 3 is 3.00 bits per heavy atom. The first-order chi connectivity index (χ1) is 5.34. The van der Waals surface area contributed by atoms with Crippen LogP contribution in [0.1, 0.15) is 10.4 Å². The highest BCUT2D eigenvalue weighted by molar-refractivity contribution is 6.17. The van der Waals surface area contributed by atoms with Gasteiger partial charge in [0.2, 0.25) is 0 Å². The Labute approximate surface area is 68.1 Å². The van der Waals surface area contributed by atoms with Gasteiger partial charge in [0.05, 0.1) is 18.0 Å². The molecule has 1 aromatic rings. The van der Waals surface area contributed by atoms with Crippen molar-refractivity contribution in [3.63, 3.8) is 0 Å². The summed E-state index contributed by atoms with van der Waals surface area (Å²) in [6, 6.07) is 1.35. The summed E-state index contributed by atoms with van der Waals surface area (Å²) < 4.78 is 4.49. The summed E-state index contributed by atoms with van der Waals surface area (Å²) in [5.41, 5.74) is 0.348. The molecular formula is C6H5ClN2O2. The molecule has 0 saturated heterocycles. The van der Waals surface area contributed by atoms with Crippen LogP contribution in [0.25, 0.3) is 0 Å². The van der Waals surface area contributed by atoms with Gasteiger partial charge in [-0.15, -0.1) is 0 Å². The Balaban J connectivity index is 2.69. The number of alkyl halides is 1. The van der Waals surface area contributed by atoms with Crippen LogP contribution < -0.4 is 0 Å². The van der Waals surface area contributed by atoms with E-state index in [4.69, 9.17) is 11.6 Å². The maximum absolute atomic E-state index is 10.9. The van der Waals surface area contributed by atoms with E-state index in [2.05, 4.69) is 14.9 Å². The molecule has 1 heterocycles. The fraction of sp³-hybridized carbons (Fsp3) is 0.167. The van der Waals surface area contributed by atoms with E-state index in [0.717, 1.165) is 0 Å². The van der Waals surface area contributed by atoms with Crippen molar-refractivity contribution in [3.05, 3.63) is 24.0 Å². The van der Waals surface area contributed by atoms with E-state index >= 15 is 0 Å². The molecule has 0 fully saturated rings. The number of esters is 1. The second kappa shape index (κ2) is 3.88. The van der Waals surface area contributed by atoms with E-state index in [0.29, 0.717) is 5.56 Å². The lowest BCUT2D eigenvalue weighted by molar-refractivity contribution is 0.0573. The first-order valence-corrected chi connectivity index (χ1v) is 3.38. The van der Waals surface area contributed by atoms with Crippen LogP contribution in [0.2, 0.25) is 0 Å². The predicted molar refractivity (Wildman–Crippen MR) is 38.2 cm³/mol. The summed E-state index contributed by atoms with van der Waals surface area (Å²) in [7, 11) is 0. The molecule has 58 valence electrons. The van der Waals surface area contributed by atoms with Crippen LogP contribution in [-0.4, -0.2) is 22.2 Å². The van der Waals surface area contributed by atoms with Crippen LogP contribution in [0.15, 0.2) is 18.5 Å². The number of carbonyl (C=O) groups is 1. The van der Waals surface area contributed by atoms with Crippen LogP contribution in [0, 0.1) is 0 Å². The van der Waals surface area contributed by atoms with Gasteiger partial charge in [0.1, 0.15) is 0 Å². The second-order valence-electron chi connectivity index (χ2n) is 1.67. The van der Waals surface area contributed by atoms with Crippen LogP contribution in [0.4, 0.5) is 0 Å².